The van der Waals surface area contributed by atoms with Gasteiger partial charge >= 0.3 is 0 Å². The Labute approximate surface area is 160 Å². The highest BCUT2D eigenvalue weighted by molar-refractivity contribution is 7.89. The Morgan fingerprint density at radius 1 is 1.00 bits per heavy atom. The van der Waals surface area contributed by atoms with Gasteiger partial charge in [-0.2, -0.15) is 4.31 Å². The second-order valence-corrected chi connectivity index (χ2v) is 10.1. The van der Waals surface area contributed by atoms with E-state index in [1.165, 1.54) is 0 Å². The number of thiazole rings is 1. The zero-order valence-electron chi connectivity index (χ0n) is 16.2. The maximum atomic E-state index is 13.3. The average Bonchev–Trinajstić information content (AvgIpc) is 2.98. The van der Waals surface area contributed by atoms with Gasteiger partial charge in [0.1, 0.15) is 0 Å². The van der Waals surface area contributed by atoms with Crippen LogP contribution in [-0.2, 0) is 16.6 Å². The summed E-state index contributed by atoms with van der Waals surface area (Å²) < 4.78 is 28.2. The van der Waals surface area contributed by atoms with Gasteiger partial charge in [0, 0.05) is 38.1 Å². The molecule has 0 unspecified atom stereocenters. The van der Waals surface area contributed by atoms with Crippen molar-refractivity contribution in [2.75, 3.05) is 26.2 Å². The van der Waals surface area contributed by atoms with E-state index in [9.17, 15) is 8.42 Å². The van der Waals surface area contributed by atoms with Gasteiger partial charge in [-0.15, -0.1) is 11.3 Å². The molecule has 1 aromatic heterocycles. The first-order valence-corrected chi connectivity index (χ1v) is 11.2. The summed E-state index contributed by atoms with van der Waals surface area (Å²) >= 11 is 1.66. The van der Waals surface area contributed by atoms with E-state index in [1.807, 2.05) is 34.6 Å². The van der Waals surface area contributed by atoms with E-state index in [1.54, 1.807) is 15.6 Å². The molecule has 26 heavy (non-hydrogen) atoms. The molecule has 0 saturated carbocycles. The van der Waals surface area contributed by atoms with Crippen molar-refractivity contribution in [2.45, 2.75) is 46.1 Å². The summed E-state index contributed by atoms with van der Waals surface area (Å²) in [5.41, 5.74) is 4.88. The molecule has 0 atom stereocenters. The van der Waals surface area contributed by atoms with Gasteiger partial charge in [-0.25, -0.2) is 13.4 Å². The quantitative estimate of drug-likeness (QED) is 0.800. The second kappa shape index (κ2) is 7.38. The van der Waals surface area contributed by atoms with Gasteiger partial charge in [0.15, 0.2) is 0 Å². The third-order valence-electron chi connectivity index (χ3n) is 5.28. The van der Waals surface area contributed by atoms with Crippen LogP contribution in [0.3, 0.4) is 0 Å². The van der Waals surface area contributed by atoms with E-state index in [4.69, 9.17) is 0 Å². The minimum Gasteiger partial charge on any atom is -0.295 e. The van der Waals surface area contributed by atoms with E-state index >= 15 is 0 Å². The Kier molecular flexibility index (Phi) is 5.53. The molecule has 5 nitrogen and oxygen atoms in total. The summed E-state index contributed by atoms with van der Waals surface area (Å²) in [5.74, 6) is 0. The maximum absolute atomic E-state index is 13.3. The van der Waals surface area contributed by atoms with Crippen molar-refractivity contribution in [2.24, 2.45) is 0 Å². The van der Waals surface area contributed by atoms with Gasteiger partial charge in [0.05, 0.1) is 15.6 Å². The summed E-state index contributed by atoms with van der Waals surface area (Å²) in [4.78, 5) is 7.29. The molecule has 1 saturated heterocycles. The topological polar surface area (TPSA) is 53.5 Å². The minimum absolute atomic E-state index is 0.499. The number of hydrogen-bond acceptors (Lipinski definition) is 5. The standard InChI is InChI=1S/C19H27N3O2S2/c1-13-10-14(2)16(4)19(15(13)3)26(23,24)22-8-6-21(7-9-22)11-18-12-25-17(5)20-18/h10,12H,6-9,11H2,1-5H3. The molecule has 0 aliphatic carbocycles. The lowest BCUT2D eigenvalue weighted by Gasteiger charge is -2.34. The first-order valence-electron chi connectivity index (χ1n) is 8.91. The summed E-state index contributed by atoms with van der Waals surface area (Å²) in [6, 6.07) is 2.07. The van der Waals surface area contributed by atoms with Gasteiger partial charge in [-0.3, -0.25) is 4.90 Å². The molecule has 142 valence electrons. The number of nitrogens with zero attached hydrogens (tertiary/aromatic N) is 3. The molecule has 7 heteroatoms. The normalized spacial score (nSPS) is 17.0. The van der Waals surface area contributed by atoms with Crippen LogP contribution in [0.25, 0.3) is 0 Å². The highest BCUT2D eigenvalue weighted by atomic mass is 32.2. The third kappa shape index (κ3) is 3.71. The smallest absolute Gasteiger partial charge is 0.243 e. The number of hydrogen-bond donors (Lipinski definition) is 0. The second-order valence-electron chi connectivity index (χ2n) is 7.13. The molecule has 0 N–H and O–H groups in total. The van der Waals surface area contributed by atoms with Gasteiger partial charge < -0.3 is 0 Å². The fraction of sp³-hybridized carbons (Fsp3) is 0.526. The Morgan fingerprint density at radius 3 is 2.08 bits per heavy atom. The van der Waals surface area contributed by atoms with Crippen molar-refractivity contribution >= 4 is 21.4 Å². The van der Waals surface area contributed by atoms with Crippen molar-refractivity contribution in [3.63, 3.8) is 0 Å². The largest absolute Gasteiger partial charge is 0.295 e. The fourth-order valence-electron chi connectivity index (χ4n) is 3.53. The molecular formula is C19H27N3O2S2. The van der Waals surface area contributed by atoms with Crippen molar-refractivity contribution in [1.29, 1.82) is 0 Å². The summed E-state index contributed by atoms with van der Waals surface area (Å²) in [6.45, 7) is 13.1. The van der Waals surface area contributed by atoms with Crippen LogP contribution in [0.15, 0.2) is 16.3 Å². The van der Waals surface area contributed by atoms with Crippen LogP contribution in [0.2, 0.25) is 0 Å². The van der Waals surface area contributed by atoms with Crippen LogP contribution in [-0.4, -0.2) is 48.8 Å². The Hall–Kier alpha value is -1.28. The predicted molar refractivity (Wildman–Crippen MR) is 106 cm³/mol. The predicted octanol–water partition coefficient (Wildman–Crippen LogP) is 3.19. The van der Waals surface area contributed by atoms with Gasteiger partial charge in [-0.05, 0) is 56.9 Å². The molecule has 2 aromatic rings. The molecule has 0 spiro atoms. The van der Waals surface area contributed by atoms with Crippen molar-refractivity contribution in [3.05, 3.63) is 44.4 Å². The van der Waals surface area contributed by atoms with E-state index in [2.05, 4.69) is 21.3 Å². The van der Waals surface area contributed by atoms with Crippen LogP contribution < -0.4 is 0 Å². The minimum atomic E-state index is -3.47. The maximum Gasteiger partial charge on any atom is 0.243 e. The number of piperazine rings is 1. The van der Waals surface area contributed by atoms with Crippen LogP contribution in [0.1, 0.15) is 33.0 Å². The highest BCUT2D eigenvalue weighted by Crippen LogP contribution is 2.29. The number of rotatable bonds is 4. The first-order chi connectivity index (χ1) is 12.2. The lowest BCUT2D eigenvalue weighted by molar-refractivity contribution is 0.180. The van der Waals surface area contributed by atoms with Crippen LogP contribution in [0, 0.1) is 34.6 Å². The molecule has 1 aliphatic rings. The average molecular weight is 394 g/mol. The molecule has 1 fully saturated rings. The summed E-state index contributed by atoms with van der Waals surface area (Å²) in [7, 11) is -3.47. The zero-order valence-corrected chi connectivity index (χ0v) is 17.8. The van der Waals surface area contributed by atoms with E-state index < -0.39 is 10.0 Å². The summed E-state index contributed by atoms with van der Waals surface area (Å²) in [5, 5.41) is 3.16. The number of sulfonamides is 1. The molecule has 3 rings (SSSR count). The van der Waals surface area contributed by atoms with Crippen molar-refractivity contribution < 1.29 is 8.42 Å². The van der Waals surface area contributed by atoms with Crippen molar-refractivity contribution in [1.82, 2.24) is 14.2 Å². The fourth-order valence-corrected chi connectivity index (χ4v) is 6.14. The Morgan fingerprint density at radius 2 is 1.58 bits per heavy atom. The molecule has 0 amide bonds. The third-order valence-corrected chi connectivity index (χ3v) is 8.27. The monoisotopic (exact) mass is 393 g/mol. The molecule has 1 aromatic carbocycles. The van der Waals surface area contributed by atoms with Gasteiger partial charge in [0.25, 0.3) is 0 Å². The lowest BCUT2D eigenvalue weighted by atomic mass is 10.0. The summed E-state index contributed by atoms with van der Waals surface area (Å²) in [6.07, 6.45) is 0. The van der Waals surface area contributed by atoms with Crippen molar-refractivity contribution in [3.8, 4) is 0 Å². The Bertz CT molecular complexity index is 885. The molecule has 1 aliphatic heterocycles. The SMILES string of the molecule is Cc1nc(CN2CCN(S(=O)(=O)c3c(C)c(C)cc(C)c3C)CC2)cs1. The molecule has 2 heterocycles. The highest BCUT2D eigenvalue weighted by Gasteiger charge is 2.31. The van der Waals surface area contributed by atoms with E-state index in [0.29, 0.717) is 18.0 Å². The van der Waals surface area contributed by atoms with Crippen LogP contribution in [0.5, 0.6) is 0 Å². The van der Waals surface area contributed by atoms with Crippen LogP contribution in [0.4, 0.5) is 0 Å². The lowest BCUT2D eigenvalue weighted by Crippen LogP contribution is -2.48. The van der Waals surface area contributed by atoms with Gasteiger partial charge in [-0.1, -0.05) is 6.07 Å². The van der Waals surface area contributed by atoms with Gasteiger partial charge in [0.2, 0.25) is 10.0 Å². The number of aryl methyl sites for hydroxylation is 3. The molecular weight excluding hydrogens is 366 g/mol. The Balaban J connectivity index is 1.77. The number of benzene rings is 1. The number of aromatic nitrogens is 1. The van der Waals surface area contributed by atoms with E-state index in [0.717, 1.165) is 52.6 Å². The van der Waals surface area contributed by atoms with E-state index in [-0.39, 0.29) is 0 Å². The molecule has 0 bridgehead atoms. The zero-order chi connectivity index (χ0) is 19.1. The molecule has 0 radical (unpaired) electrons. The van der Waals surface area contributed by atoms with Crippen LogP contribution >= 0.6 is 11.3 Å². The first kappa shape index (κ1) is 19.5.